The first-order chi connectivity index (χ1) is 8.56. The highest BCUT2D eigenvalue weighted by atomic mass is 32.2. The summed E-state index contributed by atoms with van der Waals surface area (Å²) < 4.78 is 17.0. The van der Waals surface area contributed by atoms with Crippen LogP contribution in [0.15, 0.2) is 45.9 Å². The van der Waals surface area contributed by atoms with Crippen LogP contribution in [0.4, 0.5) is 0 Å². The molecule has 94 valence electrons. The second kappa shape index (κ2) is 5.18. The molecule has 0 aliphatic carbocycles. The monoisotopic (exact) mass is 264 g/mol. The van der Waals surface area contributed by atoms with Crippen molar-refractivity contribution < 1.29 is 18.5 Å². The first-order valence-electron chi connectivity index (χ1n) is 5.33. The molecule has 0 saturated heterocycles. The van der Waals surface area contributed by atoms with Gasteiger partial charge in [0, 0.05) is 0 Å². The van der Waals surface area contributed by atoms with Gasteiger partial charge in [-0.2, -0.15) is 0 Å². The van der Waals surface area contributed by atoms with Gasteiger partial charge < -0.3 is 9.52 Å². The number of hydrogen-bond donors (Lipinski definition) is 1. The maximum Gasteiger partial charge on any atom is 0.371 e. The van der Waals surface area contributed by atoms with Gasteiger partial charge in [-0.25, -0.2) is 4.79 Å². The summed E-state index contributed by atoms with van der Waals surface area (Å²) in [6.07, 6.45) is 0. The predicted molar refractivity (Wildman–Crippen MR) is 67.0 cm³/mol. The lowest BCUT2D eigenvalue weighted by Crippen LogP contribution is -1.96. The molecular formula is C13H12O4S. The highest BCUT2D eigenvalue weighted by Crippen LogP contribution is 2.16. The molecule has 0 spiro atoms. The van der Waals surface area contributed by atoms with Gasteiger partial charge in [0.05, 0.1) is 16.6 Å². The van der Waals surface area contributed by atoms with E-state index in [4.69, 9.17) is 9.52 Å². The molecule has 1 N–H and O–H groups in total. The van der Waals surface area contributed by atoms with E-state index in [-0.39, 0.29) is 10.9 Å². The summed E-state index contributed by atoms with van der Waals surface area (Å²) in [7, 11) is -1.37. The van der Waals surface area contributed by atoms with Gasteiger partial charge in [-0.1, -0.05) is 29.8 Å². The number of carboxylic acids is 1. The minimum Gasteiger partial charge on any atom is -0.475 e. The first-order valence-corrected chi connectivity index (χ1v) is 6.65. The van der Waals surface area contributed by atoms with Gasteiger partial charge in [0.1, 0.15) is 0 Å². The molecule has 2 rings (SSSR count). The lowest BCUT2D eigenvalue weighted by molar-refractivity contribution is 0.0656. The maximum absolute atomic E-state index is 12.0. The third-order valence-corrected chi connectivity index (χ3v) is 3.70. The van der Waals surface area contributed by atoms with Crippen molar-refractivity contribution in [3.05, 3.63) is 53.3 Å². The summed E-state index contributed by atoms with van der Waals surface area (Å²) in [6, 6.07) is 10.4. The van der Waals surface area contributed by atoms with Crippen molar-refractivity contribution in [3.63, 3.8) is 0 Å². The molecule has 1 aromatic heterocycles. The van der Waals surface area contributed by atoms with Crippen molar-refractivity contribution in [2.45, 2.75) is 17.8 Å². The Morgan fingerprint density at radius 2 is 1.89 bits per heavy atom. The number of rotatable bonds is 4. The lowest BCUT2D eigenvalue weighted by atomic mass is 10.2. The molecule has 1 unspecified atom stereocenters. The zero-order valence-electron chi connectivity index (χ0n) is 9.75. The number of aromatic carboxylic acids is 1. The fraction of sp³-hybridized carbons (Fsp3) is 0.154. The van der Waals surface area contributed by atoms with Gasteiger partial charge in [-0.05, 0) is 24.6 Å². The Morgan fingerprint density at radius 1 is 1.22 bits per heavy atom. The molecule has 0 fully saturated rings. The fourth-order valence-corrected chi connectivity index (χ4v) is 2.50. The zero-order chi connectivity index (χ0) is 13.1. The highest BCUT2D eigenvalue weighted by Gasteiger charge is 2.13. The van der Waals surface area contributed by atoms with Crippen molar-refractivity contribution in [1.82, 2.24) is 0 Å². The fourth-order valence-electron chi connectivity index (χ4n) is 1.46. The van der Waals surface area contributed by atoms with E-state index in [1.54, 1.807) is 0 Å². The summed E-state index contributed by atoms with van der Waals surface area (Å²) in [5.74, 6) is -1.04. The molecule has 4 nitrogen and oxygen atoms in total. The topological polar surface area (TPSA) is 67.5 Å². The van der Waals surface area contributed by atoms with Crippen molar-refractivity contribution >= 4 is 16.8 Å². The average Bonchev–Trinajstić information content (AvgIpc) is 2.81. The summed E-state index contributed by atoms with van der Waals surface area (Å²) in [4.78, 5) is 10.6. The number of carbonyl (C=O) groups is 1. The first kappa shape index (κ1) is 12.6. The average molecular weight is 264 g/mol. The number of aryl methyl sites for hydroxylation is 1. The van der Waals surface area contributed by atoms with Crippen LogP contribution in [-0.2, 0) is 16.6 Å². The Hall–Kier alpha value is -1.88. The molecule has 0 radical (unpaired) electrons. The molecule has 0 aliphatic rings. The van der Waals surface area contributed by atoms with Gasteiger partial charge in [0.25, 0.3) is 0 Å². The number of hydrogen-bond acceptors (Lipinski definition) is 3. The molecule has 0 bridgehead atoms. The van der Waals surface area contributed by atoms with Crippen LogP contribution in [0.25, 0.3) is 0 Å². The standard InChI is InChI=1S/C13H12O4S/c1-9-2-4-10(5-3-9)8-18(16)12-7-6-11(17-12)13(14)15/h2-7H,8H2,1H3,(H,14,15). The van der Waals surface area contributed by atoms with E-state index in [1.165, 1.54) is 12.1 Å². The van der Waals surface area contributed by atoms with Crippen LogP contribution in [0.1, 0.15) is 21.7 Å². The normalized spacial score (nSPS) is 12.3. The smallest absolute Gasteiger partial charge is 0.371 e. The summed E-state index contributed by atoms with van der Waals surface area (Å²) in [6.45, 7) is 1.98. The van der Waals surface area contributed by atoms with Crippen LogP contribution >= 0.6 is 0 Å². The van der Waals surface area contributed by atoms with E-state index in [9.17, 15) is 9.00 Å². The van der Waals surface area contributed by atoms with Crippen LogP contribution in [0.2, 0.25) is 0 Å². The Morgan fingerprint density at radius 3 is 2.44 bits per heavy atom. The largest absolute Gasteiger partial charge is 0.475 e. The SMILES string of the molecule is Cc1ccc(CS(=O)c2ccc(C(=O)O)o2)cc1. The molecule has 1 atom stereocenters. The quantitative estimate of drug-likeness (QED) is 0.921. The number of carboxylic acid groups (broad SMARTS) is 1. The molecule has 2 aromatic rings. The summed E-state index contributed by atoms with van der Waals surface area (Å²) in [5.41, 5.74) is 2.06. The van der Waals surface area contributed by atoms with E-state index in [0.717, 1.165) is 11.1 Å². The van der Waals surface area contributed by atoms with E-state index in [0.29, 0.717) is 5.75 Å². The van der Waals surface area contributed by atoms with E-state index in [2.05, 4.69) is 0 Å². The zero-order valence-corrected chi connectivity index (χ0v) is 10.6. The summed E-state index contributed by atoms with van der Waals surface area (Å²) >= 11 is 0. The van der Waals surface area contributed by atoms with Gasteiger partial charge in [0.2, 0.25) is 5.76 Å². The van der Waals surface area contributed by atoms with Gasteiger partial charge in [-0.3, -0.25) is 4.21 Å². The van der Waals surface area contributed by atoms with Crippen LogP contribution in [0.3, 0.4) is 0 Å². The van der Waals surface area contributed by atoms with Crippen molar-refractivity contribution in [2.24, 2.45) is 0 Å². The maximum atomic E-state index is 12.0. The predicted octanol–water partition coefficient (Wildman–Crippen LogP) is 2.59. The van der Waals surface area contributed by atoms with Crippen LogP contribution in [-0.4, -0.2) is 15.3 Å². The Kier molecular flexibility index (Phi) is 3.62. The molecule has 0 amide bonds. The van der Waals surface area contributed by atoms with E-state index < -0.39 is 16.8 Å². The van der Waals surface area contributed by atoms with Crippen molar-refractivity contribution in [1.29, 1.82) is 0 Å². The molecule has 0 aliphatic heterocycles. The van der Waals surface area contributed by atoms with Gasteiger partial charge in [0.15, 0.2) is 5.09 Å². The lowest BCUT2D eigenvalue weighted by Gasteiger charge is -2.00. The Labute approximate surface area is 107 Å². The Bertz CT molecular complexity index is 583. The van der Waals surface area contributed by atoms with E-state index >= 15 is 0 Å². The number of benzene rings is 1. The number of furan rings is 1. The van der Waals surface area contributed by atoms with Gasteiger partial charge in [-0.15, -0.1) is 0 Å². The Balaban J connectivity index is 2.11. The third kappa shape index (κ3) is 2.87. The van der Waals surface area contributed by atoms with Crippen molar-refractivity contribution in [3.8, 4) is 0 Å². The molecule has 0 saturated carbocycles. The van der Waals surface area contributed by atoms with Crippen LogP contribution in [0.5, 0.6) is 0 Å². The minimum atomic E-state index is -1.37. The van der Waals surface area contributed by atoms with E-state index in [1.807, 2.05) is 31.2 Å². The van der Waals surface area contributed by atoms with Crippen LogP contribution < -0.4 is 0 Å². The van der Waals surface area contributed by atoms with Crippen LogP contribution in [0, 0.1) is 6.92 Å². The highest BCUT2D eigenvalue weighted by molar-refractivity contribution is 7.84. The second-order valence-corrected chi connectivity index (χ2v) is 5.28. The molecule has 18 heavy (non-hydrogen) atoms. The molecule has 5 heteroatoms. The summed E-state index contributed by atoms with van der Waals surface area (Å²) in [5, 5.41) is 8.90. The molecule has 1 aromatic carbocycles. The second-order valence-electron chi connectivity index (χ2n) is 3.90. The van der Waals surface area contributed by atoms with Gasteiger partial charge >= 0.3 is 5.97 Å². The minimum absolute atomic E-state index is 0.188. The third-order valence-electron chi connectivity index (χ3n) is 2.43. The molecule has 1 heterocycles. The van der Waals surface area contributed by atoms with Crippen molar-refractivity contribution in [2.75, 3.05) is 0 Å². The molecular weight excluding hydrogens is 252 g/mol.